The zero-order valence-electron chi connectivity index (χ0n) is 13.6. The summed E-state index contributed by atoms with van der Waals surface area (Å²) in [5.41, 5.74) is -5.45. The highest BCUT2D eigenvalue weighted by molar-refractivity contribution is 8.80. The number of hydrogen-bond donors (Lipinski definition) is 0. The van der Waals surface area contributed by atoms with Gasteiger partial charge >= 0.3 is 15.6 Å². The predicted octanol–water partition coefficient (Wildman–Crippen LogP) is 4.43. The van der Waals surface area contributed by atoms with Crippen LogP contribution in [0.4, 0.5) is 13.2 Å². The molecule has 22 heavy (non-hydrogen) atoms. The molecule has 130 valence electrons. The first kappa shape index (κ1) is 19.5. The van der Waals surface area contributed by atoms with Gasteiger partial charge in [0.2, 0.25) is 0 Å². The largest absolute Gasteiger partial charge is 0.523 e. The van der Waals surface area contributed by atoms with Crippen LogP contribution in [0.25, 0.3) is 0 Å². The summed E-state index contributed by atoms with van der Waals surface area (Å²) in [5.74, 6) is 0. The van der Waals surface area contributed by atoms with Gasteiger partial charge in [0.25, 0.3) is 0 Å². The summed E-state index contributed by atoms with van der Waals surface area (Å²) in [7, 11) is -12.5. The Morgan fingerprint density at radius 2 is 1.41 bits per heavy atom. The normalized spacial score (nSPS) is 17.7. The number of hydrogen-bond acceptors (Lipinski definition) is 3. The van der Waals surface area contributed by atoms with Crippen molar-refractivity contribution in [3.05, 3.63) is 30.3 Å². The lowest BCUT2D eigenvalue weighted by Crippen LogP contribution is -2.56. The van der Waals surface area contributed by atoms with Crippen molar-refractivity contribution in [2.75, 3.05) is 18.8 Å². The van der Waals surface area contributed by atoms with Crippen LogP contribution in [-0.2, 0) is 13.7 Å². The van der Waals surface area contributed by atoms with E-state index in [0.29, 0.717) is 4.90 Å². The van der Waals surface area contributed by atoms with Gasteiger partial charge in [0.1, 0.15) is 7.22 Å². The van der Waals surface area contributed by atoms with Crippen LogP contribution in [0.15, 0.2) is 35.2 Å². The molecule has 0 unspecified atom stereocenters. The van der Waals surface area contributed by atoms with Crippen LogP contribution >= 0.6 is 8.02 Å². The quantitative estimate of drug-likeness (QED) is 0.577. The summed E-state index contributed by atoms with van der Waals surface area (Å²) in [5, 5.41) is 0. The molecule has 0 amide bonds. The van der Waals surface area contributed by atoms with Crippen molar-refractivity contribution in [2.45, 2.75) is 30.0 Å². The van der Waals surface area contributed by atoms with E-state index in [4.69, 9.17) is 3.63 Å². The van der Waals surface area contributed by atoms with E-state index in [1.807, 2.05) is 19.6 Å². The second-order valence-electron chi connectivity index (χ2n) is 7.61. The highest BCUT2D eigenvalue weighted by Gasteiger charge is 2.66. The maximum atomic E-state index is 12.9. The molecular formula is C13H23F3O3S2Si. The van der Waals surface area contributed by atoms with Gasteiger partial charge in [0, 0.05) is 0 Å². The van der Waals surface area contributed by atoms with E-state index in [0.717, 1.165) is 0 Å². The second-order valence-corrected chi connectivity index (χ2v) is 29.1. The molecule has 0 saturated carbocycles. The third-order valence-electron chi connectivity index (χ3n) is 4.70. The Morgan fingerprint density at radius 3 is 1.73 bits per heavy atom. The zero-order chi connectivity index (χ0) is 17.7. The van der Waals surface area contributed by atoms with E-state index in [1.165, 1.54) is 0 Å². The van der Waals surface area contributed by atoms with Gasteiger partial charge in [0.05, 0.1) is 0 Å². The lowest BCUT2D eigenvalue weighted by atomic mass is 10.4. The van der Waals surface area contributed by atoms with Gasteiger partial charge < -0.3 is 0 Å². The minimum absolute atomic E-state index is 0.509. The van der Waals surface area contributed by atoms with Crippen LogP contribution in [-0.4, -0.2) is 39.9 Å². The highest BCUT2D eigenvalue weighted by Crippen LogP contribution is 2.93. The Balaban J connectivity index is 3.82. The summed E-state index contributed by atoms with van der Waals surface area (Å²) in [6, 6.07) is 8.37. The van der Waals surface area contributed by atoms with Crippen molar-refractivity contribution in [1.82, 2.24) is 0 Å². The molecule has 0 aliphatic carbocycles. The van der Waals surface area contributed by atoms with Crippen LogP contribution < -0.4 is 0 Å². The molecule has 9 heteroatoms. The van der Waals surface area contributed by atoms with E-state index in [2.05, 4.69) is 0 Å². The summed E-state index contributed by atoms with van der Waals surface area (Å²) >= 11 is 0. The van der Waals surface area contributed by atoms with Crippen molar-refractivity contribution < 1.29 is 25.2 Å². The summed E-state index contributed by atoms with van der Waals surface area (Å²) < 4.78 is 67.5. The zero-order valence-corrected chi connectivity index (χ0v) is 16.2. The summed E-state index contributed by atoms with van der Waals surface area (Å²) in [6.45, 7) is 5.48. The van der Waals surface area contributed by atoms with Crippen LogP contribution in [0.5, 0.6) is 0 Å². The third-order valence-corrected chi connectivity index (χ3v) is 30.7. The SMILES string of the molecule is C[Si](C)(C)S(C)(C)(C)(OS(=O)(=O)C(F)(F)F)c1ccccc1. The Kier molecular flexibility index (Phi) is 4.01. The fourth-order valence-electron chi connectivity index (χ4n) is 1.84. The van der Waals surface area contributed by atoms with E-state index >= 15 is 0 Å². The molecule has 0 atom stereocenters. The molecule has 0 bridgehead atoms. The van der Waals surface area contributed by atoms with E-state index in [9.17, 15) is 21.6 Å². The van der Waals surface area contributed by atoms with Gasteiger partial charge in [-0.05, 0) is 35.8 Å². The van der Waals surface area contributed by atoms with E-state index in [-0.39, 0.29) is 0 Å². The van der Waals surface area contributed by atoms with Crippen LogP contribution in [0.2, 0.25) is 19.6 Å². The van der Waals surface area contributed by atoms with Crippen LogP contribution in [0.1, 0.15) is 0 Å². The minimum atomic E-state index is -5.72. The van der Waals surface area contributed by atoms with Gasteiger partial charge in [-0.3, -0.25) is 0 Å². The monoisotopic (exact) mass is 376 g/mol. The minimum Gasteiger partial charge on any atom is -0.230 e. The molecule has 1 aromatic rings. The predicted molar refractivity (Wildman–Crippen MR) is 89.5 cm³/mol. The number of halogens is 3. The molecular weight excluding hydrogens is 353 g/mol. The molecule has 0 aliphatic rings. The molecule has 0 fully saturated rings. The van der Waals surface area contributed by atoms with Gasteiger partial charge in [-0.15, -0.1) is 0 Å². The van der Waals surface area contributed by atoms with Crippen molar-refractivity contribution >= 4 is 25.4 Å². The average Bonchev–Trinajstić information content (AvgIpc) is 2.25. The number of benzene rings is 1. The lowest BCUT2D eigenvalue weighted by molar-refractivity contribution is -0.0497. The second kappa shape index (κ2) is 4.52. The first-order valence-electron chi connectivity index (χ1n) is 6.48. The van der Waals surface area contributed by atoms with E-state index in [1.54, 1.807) is 49.1 Å². The maximum Gasteiger partial charge on any atom is 0.523 e. The van der Waals surface area contributed by atoms with Gasteiger partial charge in [-0.25, -0.2) is 3.63 Å². The third kappa shape index (κ3) is 2.72. The molecule has 0 heterocycles. The van der Waals surface area contributed by atoms with Gasteiger partial charge in [-0.1, -0.05) is 37.8 Å². The Hall–Kier alpha value is -0.513. The number of rotatable bonds is 4. The van der Waals surface area contributed by atoms with Crippen molar-refractivity contribution in [2.24, 2.45) is 0 Å². The molecule has 0 spiro atoms. The van der Waals surface area contributed by atoms with Gasteiger partial charge in [-0.2, -0.15) is 29.6 Å². The van der Waals surface area contributed by atoms with E-state index < -0.39 is 30.9 Å². The Bertz CT molecular complexity index is 680. The first-order chi connectivity index (χ1) is 9.37. The molecule has 3 nitrogen and oxygen atoms in total. The average molecular weight is 377 g/mol. The molecule has 0 aromatic heterocycles. The van der Waals surface area contributed by atoms with Crippen molar-refractivity contribution in [1.29, 1.82) is 0 Å². The standard InChI is InChI=1S/C13H23F3O3S2Si/c1-21(2,3,22(4,5)6,12-10-8-7-9-11-12)19-20(17,18)13(14,15)16/h7-11H,1-6H3. The molecule has 0 saturated heterocycles. The highest BCUT2D eigenvalue weighted by atomic mass is 32.6. The van der Waals surface area contributed by atoms with Crippen LogP contribution in [0, 0.1) is 0 Å². The van der Waals surface area contributed by atoms with Crippen molar-refractivity contribution in [3.8, 4) is 0 Å². The molecule has 0 aliphatic heterocycles. The smallest absolute Gasteiger partial charge is 0.230 e. The molecule has 0 radical (unpaired) electrons. The first-order valence-corrected chi connectivity index (χ1v) is 15.7. The molecule has 0 N–H and O–H groups in total. The lowest BCUT2D eigenvalue weighted by Gasteiger charge is -2.77. The van der Waals surface area contributed by atoms with Crippen LogP contribution in [0.3, 0.4) is 0 Å². The topological polar surface area (TPSA) is 43.4 Å². The Labute approximate surface area is 130 Å². The molecule has 1 aromatic carbocycles. The molecule has 1 rings (SSSR count). The van der Waals surface area contributed by atoms with Crippen molar-refractivity contribution in [3.63, 3.8) is 0 Å². The Morgan fingerprint density at radius 1 is 1.00 bits per heavy atom. The summed E-state index contributed by atoms with van der Waals surface area (Å²) in [6.07, 6.45) is 4.68. The maximum absolute atomic E-state index is 12.9. The summed E-state index contributed by atoms with van der Waals surface area (Å²) in [4.78, 5) is 0.509. The fraction of sp³-hybridized carbons (Fsp3) is 0.538. The fourth-order valence-corrected chi connectivity index (χ4v) is 13.3. The number of alkyl halides is 3. The van der Waals surface area contributed by atoms with Gasteiger partial charge in [0.15, 0.2) is 0 Å².